The Balaban J connectivity index is 1.52. The molecule has 0 radical (unpaired) electrons. The number of benzene rings is 3. The van der Waals surface area contributed by atoms with E-state index in [1.165, 1.54) is 0 Å². The number of carbonyl (C=O) groups excluding carboxylic acids is 3. The Morgan fingerprint density at radius 3 is 2.51 bits per heavy atom. The summed E-state index contributed by atoms with van der Waals surface area (Å²) in [7, 11) is 0. The molecule has 1 atom stereocenters. The number of fused-ring (bicyclic) bond motifs is 1. The molecule has 4 N–H and O–H groups in total. The van der Waals surface area contributed by atoms with E-state index in [2.05, 4.69) is 10.6 Å². The van der Waals surface area contributed by atoms with E-state index < -0.39 is 11.9 Å². The van der Waals surface area contributed by atoms with Gasteiger partial charge in [-0.1, -0.05) is 53.5 Å². The molecule has 9 heteroatoms. The van der Waals surface area contributed by atoms with Crippen molar-refractivity contribution < 1.29 is 14.4 Å². The number of nitrogens with one attached hydrogen (secondary N) is 2. The van der Waals surface area contributed by atoms with Gasteiger partial charge >= 0.3 is 0 Å². The lowest BCUT2D eigenvalue weighted by molar-refractivity contribution is -0.121. The number of nitrogens with two attached hydrogens (primary N) is 1. The maximum absolute atomic E-state index is 12.9. The summed E-state index contributed by atoms with van der Waals surface area (Å²) in [5.74, 6) is -1.10. The number of carbonyl (C=O) groups is 3. The van der Waals surface area contributed by atoms with Crippen LogP contribution in [0, 0.1) is 0 Å². The number of primary amides is 1. The van der Waals surface area contributed by atoms with E-state index in [1.807, 2.05) is 18.2 Å². The summed E-state index contributed by atoms with van der Waals surface area (Å²) in [6, 6.07) is 18.2. The number of benzodiazepines with no additional fused rings is 1. The van der Waals surface area contributed by atoms with Crippen LogP contribution in [0.15, 0.2) is 71.7 Å². The second kappa shape index (κ2) is 10.7. The molecular formula is C26H22Cl2N4O3. The minimum absolute atomic E-state index is 0.0187. The standard InChI is InChI=1S/C26H22Cl2N4O3/c27-18-10-11-20(28)17(13-18)9-12-23(33)30-14-22-26(35)32-21-4-2-1-3-19(21)24(31-22)15-5-7-16(8-6-15)25(29)34/h1-8,10-11,13,22H,9,12,14H2,(H2,29,34)(H,30,33)(H,32,35). The van der Waals surface area contributed by atoms with Crippen molar-refractivity contribution in [1.29, 1.82) is 0 Å². The summed E-state index contributed by atoms with van der Waals surface area (Å²) in [5.41, 5.74) is 9.12. The molecule has 3 amide bonds. The number of halogens is 2. The van der Waals surface area contributed by atoms with Crippen LogP contribution in [0.5, 0.6) is 0 Å². The van der Waals surface area contributed by atoms with Crippen molar-refractivity contribution in [1.82, 2.24) is 5.32 Å². The third kappa shape index (κ3) is 5.88. The zero-order chi connectivity index (χ0) is 24.9. The highest BCUT2D eigenvalue weighted by molar-refractivity contribution is 6.33. The number of hydrogen-bond donors (Lipinski definition) is 3. The second-order valence-electron chi connectivity index (χ2n) is 8.01. The molecule has 0 bridgehead atoms. The highest BCUT2D eigenvalue weighted by atomic mass is 35.5. The molecule has 0 spiro atoms. The molecule has 4 rings (SSSR count). The average Bonchev–Trinajstić information content (AvgIpc) is 2.99. The average molecular weight is 509 g/mol. The van der Waals surface area contributed by atoms with Crippen molar-refractivity contribution in [2.75, 3.05) is 11.9 Å². The van der Waals surface area contributed by atoms with Gasteiger partial charge in [-0.25, -0.2) is 0 Å². The normalized spacial score (nSPS) is 14.9. The van der Waals surface area contributed by atoms with Crippen LogP contribution in [0.25, 0.3) is 0 Å². The molecule has 0 saturated carbocycles. The van der Waals surface area contributed by atoms with Crippen LogP contribution in [0.1, 0.15) is 33.5 Å². The summed E-state index contributed by atoms with van der Waals surface area (Å²) in [6.07, 6.45) is 0.591. The smallest absolute Gasteiger partial charge is 0.251 e. The molecule has 0 aromatic heterocycles. The topological polar surface area (TPSA) is 114 Å². The Morgan fingerprint density at radius 1 is 1.03 bits per heavy atom. The number of nitrogens with zero attached hydrogens (tertiary/aromatic N) is 1. The number of hydrogen-bond acceptors (Lipinski definition) is 4. The Kier molecular flexibility index (Phi) is 7.48. The first-order valence-electron chi connectivity index (χ1n) is 10.9. The van der Waals surface area contributed by atoms with Gasteiger partial charge in [0.25, 0.3) is 5.91 Å². The molecule has 1 aliphatic heterocycles. The van der Waals surface area contributed by atoms with Crippen LogP contribution in [0.2, 0.25) is 10.0 Å². The summed E-state index contributed by atoms with van der Waals surface area (Å²) < 4.78 is 0. The first-order valence-corrected chi connectivity index (χ1v) is 11.7. The van der Waals surface area contributed by atoms with Gasteiger partial charge in [0.15, 0.2) is 0 Å². The predicted octanol–water partition coefficient (Wildman–Crippen LogP) is 4.00. The Labute approximate surface area is 212 Å². The van der Waals surface area contributed by atoms with Gasteiger partial charge in [-0.3, -0.25) is 19.4 Å². The summed E-state index contributed by atoms with van der Waals surface area (Å²) in [4.78, 5) is 41.6. The maximum atomic E-state index is 12.9. The van der Waals surface area contributed by atoms with E-state index in [0.29, 0.717) is 39.0 Å². The van der Waals surface area contributed by atoms with Crippen molar-refractivity contribution in [3.05, 3.63) is 99.0 Å². The van der Waals surface area contributed by atoms with Gasteiger partial charge in [-0.15, -0.1) is 0 Å². The van der Waals surface area contributed by atoms with Gasteiger partial charge in [0.1, 0.15) is 6.04 Å². The van der Waals surface area contributed by atoms with E-state index in [4.69, 9.17) is 33.9 Å². The van der Waals surface area contributed by atoms with Gasteiger partial charge < -0.3 is 16.4 Å². The first kappa shape index (κ1) is 24.4. The molecule has 1 aliphatic rings. The third-order valence-corrected chi connectivity index (χ3v) is 6.20. The largest absolute Gasteiger partial charge is 0.366 e. The van der Waals surface area contributed by atoms with E-state index in [9.17, 15) is 14.4 Å². The van der Waals surface area contributed by atoms with Crippen molar-refractivity contribution in [2.45, 2.75) is 18.9 Å². The molecule has 0 saturated heterocycles. The van der Waals surface area contributed by atoms with Gasteiger partial charge in [0, 0.05) is 39.7 Å². The predicted molar refractivity (Wildman–Crippen MR) is 137 cm³/mol. The fraction of sp³-hybridized carbons (Fsp3) is 0.154. The molecule has 7 nitrogen and oxygen atoms in total. The molecule has 0 fully saturated rings. The third-order valence-electron chi connectivity index (χ3n) is 5.59. The van der Waals surface area contributed by atoms with Crippen molar-refractivity contribution in [3.63, 3.8) is 0 Å². The van der Waals surface area contributed by atoms with Crippen LogP contribution >= 0.6 is 23.2 Å². The van der Waals surface area contributed by atoms with Crippen LogP contribution in [-0.4, -0.2) is 36.0 Å². The minimum Gasteiger partial charge on any atom is -0.366 e. The van der Waals surface area contributed by atoms with Gasteiger partial charge in [0.2, 0.25) is 11.8 Å². The number of anilines is 1. The van der Waals surface area contributed by atoms with Gasteiger partial charge in [0.05, 0.1) is 11.4 Å². The van der Waals surface area contributed by atoms with Crippen LogP contribution < -0.4 is 16.4 Å². The molecule has 178 valence electrons. The van der Waals surface area contributed by atoms with Gasteiger partial charge in [-0.05, 0) is 48.4 Å². The van der Waals surface area contributed by atoms with Crippen molar-refractivity contribution >= 4 is 52.3 Å². The van der Waals surface area contributed by atoms with E-state index in [0.717, 1.165) is 11.1 Å². The molecule has 0 aliphatic carbocycles. The first-order chi connectivity index (χ1) is 16.8. The summed E-state index contributed by atoms with van der Waals surface area (Å²) >= 11 is 12.2. The number of amides is 3. The maximum Gasteiger partial charge on any atom is 0.251 e. The fourth-order valence-electron chi connectivity index (χ4n) is 3.74. The Bertz CT molecular complexity index is 1320. The molecule has 1 unspecified atom stereocenters. The van der Waals surface area contributed by atoms with Crippen LogP contribution in [-0.2, 0) is 16.0 Å². The molecule has 3 aromatic carbocycles. The van der Waals surface area contributed by atoms with E-state index in [-0.39, 0.29) is 24.8 Å². The van der Waals surface area contributed by atoms with Crippen LogP contribution in [0.4, 0.5) is 5.69 Å². The lowest BCUT2D eigenvalue weighted by Gasteiger charge is -2.13. The molecular weight excluding hydrogens is 487 g/mol. The van der Waals surface area contributed by atoms with E-state index in [1.54, 1.807) is 48.5 Å². The van der Waals surface area contributed by atoms with Crippen molar-refractivity contribution in [2.24, 2.45) is 10.7 Å². The Hall–Kier alpha value is -3.68. The summed E-state index contributed by atoms with van der Waals surface area (Å²) in [6.45, 7) is 0.0187. The fourth-order valence-corrected chi connectivity index (χ4v) is 4.15. The highest BCUT2D eigenvalue weighted by Gasteiger charge is 2.26. The Morgan fingerprint density at radius 2 is 1.77 bits per heavy atom. The molecule has 1 heterocycles. The van der Waals surface area contributed by atoms with Crippen molar-refractivity contribution in [3.8, 4) is 0 Å². The zero-order valence-corrected chi connectivity index (χ0v) is 20.1. The van der Waals surface area contributed by atoms with Gasteiger partial charge in [-0.2, -0.15) is 0 Å². The molecule has 3 aromatic rings. The summed E-state index contributed by atoms with van der Waals surface area (Å²) in [5, 5.41) is 6.77. The lowest BCUT2D eigenvalue weighted by Crippen LogP contribution is -2.38. The van der Waals surface area contributed by atoms with E-state index >= 15 is 0 Å². The molecule has 35 heavy (non-hydrogen) atoms. The SMILES string of the molecule is NC(=O)c1ccc(C2=NC(CNC(=O)CCc3cc(Cl)ccc3Cl)C(=O)Nc3ccccc32)cc1. The quantitative estimate of drug-likeness (QED) is 0.448. The number of aliphatic imine (C=N–C) groups is 1. The zero-order valence-electron chi connectivity index (χ0n) is 18.6. The minimum atomic E-state index is -0.855. The lowest BCUT2D eigenvalue weighted by atomic mass is 9.99. The number of aryl methyl sites for hydroxylation is 1. The number of rotatable bonds is 7. The highest BCUT2D eigenvalue weighted by Crippen LogP contribution is 2.25. The van der Waals surface area contributed by atoms with Crippen LogP contribution in [0.3, 0.4) is 0 Å². The number of para-hydroxylation sites is 1. The second-order valence-corrected chi connectivity index (χ2v) is 8.85. The monoisotopic (exact) mass is 508 g/mol.